The topological polar surface area (TPSA) is 75.0 Å². The van der Waals surface area contributed by atoms with Crippen LogP contribution in [0.4, 0.5) is 11.4 Å². The number of amides is 1. The molecule has 3 aromatic carbocycles. The van der Waals surface area contributed by atoms with Crippen molar-refractivity contribution in [3.8, 4) is 11.4 Å². The molecule has 4 rings (SSSR count). The molecule has 1 amide bonds. The molecule has 0 aliphatic heterocycles. The lowest BCUT2D eigenvalue weighted by Gasteiger charge is -2.19. The number of aromatic amines is 1. The molecule has 0 saturated carbocycles. The Labute approximate surface area is 151 Å². The highest BCUT2D eigenvalue weighted by Gasteiger charge is 2.09. The molecule has 0 unspecified atom stereocenters. The van der Waals surface area contributed by atoms with E-state index in [9.17, 15) is 4.79 Å². The molecule has 0 spiro atoms. The molecule has 5 nitrogen and oxygen atoms in total. The molecule has 0 radical (unpaired) electrons. The van der Waals surface area contributed by atoms with E-state index < -0.39 is 5.91 Å². The molecular formula is C21H18N4O. The number of primary amides is 1. The number of nitrogens with two attached hydrogens (primary N) is 1. The van der Waals surface area contributed by atoms with Crippen molar-refractivity contribution in [2.45, 2.75) is 0 Å². The molecular weight excluding hydrogens is 324 g/mol. The maximum atomic E-state index is 11.3. The van der Waals surface area contributed by atoms with Gasteiger partial charge in [-0.3, -0.25) is 4.79 Å². The Morgan fingerprint density at radius 3 is 2.35 bits per heavy atom. The maximum absolute atomic E-state index is 11.3. The second-order valence-electron chi connectivity index (χ2n) is 6.12. The van der Waals surface area contributed by atoms with Gasteiger partial charge in [-0.25, -0.2) is 4.98 Å². The number of benzene rings is 3. The number of rotatable bonds is 4. The summed E-state index contributed by atoms with van der Waals surface area (Å²) in [7, 11) is 2.04. The van der Waals surface area contributed by atoms with Crippen LogP contribution in [0.15, 0.2) is 72.8 Å². The Balaban J connectivity index is 1.64. The largest absolute Gasteiger partial charge is 0.366 e. The van der Waals surface area contributed by atoms with E-state index in [-0.39, 0.29) is 0 Å². The lowest BCUT2D eigenvalue weighted by Crippen LogP contribution is -2.10. The monoisotopic (exact) mass is 342 g/mol. The minimum atomic E-state index is -0.454. The predicted octanol–water partition coefficient (Wildman–Crippen LogP) is 4.10. The van der Waals surface area contributed by atoms with E-state index >= 15 is 0 Å². The van der Waals surface area contributed by atoms with Gasteiger partial charge in [0.2, 0.25) is 5.91 Å². The fraction of sp³-hybridized carbons (Fsp3) is 0.0476. The summed E-state index contributed by atoms with van der Waals surface area (Å²) in [5.74, 6) is 0.306. The number of nitrogens with zero attached hydrogens (tertiary/aromatic N) is 2. The minimum Gasteiger partial charge on any atom is -0.366 e. The van der Waals surface area contributed by atoms with Crippen molar-refractivity contribution in [2.75, 3.05) is 11.9 Å². The number of anilines is 2. The van der Waals surface area contributed by atoms with E-state index in [4.69, 9.17) is 5.73 Å². The van der Waals surface area contributed by atoms with Crippen LogP contribution in [0.25, 0.3) is 22.4 Å². The van der Waals surface area contributed by atoms with Crippen molar-refractivity contribution < 1.29 is 4.79 Å². The molecule has 128 valence electrons. The van der Waals surface area contributed by atoms with Crippen molar-refractivity contribution in [2.24, 2.45) is 5.73 Å². The molecule has 0 aliphatic rings. The number of para-hydroxylation sites is 1. The van der Waals surface area contributed by atoms with E-state index in [0.29, 0.717) is 5.56 Å². The first-order valence-corrected chi connectivity index (χ1v) is 8.30. The number of hydrogen-bond donors (Lipinski definition) is 2. The van der Waals surface area contributed by atoms with Crippen LogP contribution in [0.2, 0.25) is 0 Å². The molecule has 0 atom stereocenters. The summed E-state index contributed by atoms with van der Waals surface area (Å²) >= 11 is 0. The zero-order valence-corrected chi connectivity index (χ0v) is 14.3. The van der Waals surface area contributed by atoms with Crippen LogP contribution in [0.1, 0.15) is 10.4 Å². The van der Waals surface area contributed by atoms with Crippen molar-refractivity contribution in [1.29, 1.82) is 0 Å². The Hall–Kier alpha value is -3.60. The predicted molar refractivity (Wildman–Crippen MR) is 105 cm³/mol. The number of carbonyl (C=O) groups is 1. The Morgan fingerprint density at radius 1 is 0.962 bits per heavy atom. The molecule has 3 N–H and O–H groups in total. The van der Waals surface area contributed by atoms with Crippen LogP contribution >= 0.6 is 0 Å². The van der Waals surface area contributed by atoms with Gasteiger partial charge in [-0.2, -0.15) is 0 Å². The summed E-state index contributed by atoms with van der Waals surface area (Å²) in [5, 5.41) is 0. The van der Waals surface area contributed by atoms with Crippen molar-refractivity contribution >= 4 is 28.3 Å². The third-order valence-electron chi connectivity index (χ3n) is 4.44. The Morgan fingerprint density at radius 2 is 1.65 bits per heavy atom. The third kappa shape index (κ3) is 2.91. The van der Waals surface area contributed by atoms with Gasteiger partial charge in [0.05, 0.1) is 11.0 Å². The summed E-state index contributed by atoms with van der Waals surface area (Å²) in [6.45, 7) is 0. The Kier molecular flexibility index (Phi) is 3.89. The first kappa shape index (κ1) is 15.9. The molecule has 0 aliphatic carbocycles. The van der Waals surface area contributed by atoms with E-state index in [1.807, 2.05) is 43.4 Å². The van der Waals surface area contributed by atoms with Gasteiger partial charge in [0.1, 0.15) is 5.82 Å². The summed E-state index contributed by atoms with van der Waals surface area (Å²) in [6.07, 6.45) is 0. The van der Waals surface area contributed by atoms with E-state index in [2.05, 4.69) is 39.1 Å². The fourth-order valence-corrected chi connectivity index (χ4v) is 2.94. The Bertz CT molecular complexity index is 1070. The fourth-order valence-electron chi connectivity index (χ4n) is 2.94. The molecule has 26 heavy (non-hydrogen) atoms. The lowest BCUT2D eigenvalue weighted by atomic mass is 10.2. The van der Waals surface area contributed by atoms with Crippen LogP contribution in [0, 0.1) is 0 Å². The molecule has 1 heterocycles. The van der Waals surface area contributed by atoms with Gasteiger partial charge in [-0.1, -0.05) is 18.2 Å². The number of nitrogens with one attached hydrogen (secondary N) is 1. The number of imidazole rings is 1. The van der Waals surface area contributed by atoms with Gasteiger partial charge >= 0.3 is 0 Å². The average Bonchev–Trinajstić information content (AvgIpc) is 3.11. The highest BCUT2D eigenvalue weighted by Crippen LogP contribution is 2.27. The first-order valence-electron chi connectivity index (χ1n) is 8.30. The van der Waals surface area contributed by atoms with E-state index in [0.717, 1.165) is 33.8 Å². The molecule has 5 heteroatoms. The number of aromatic nitrogens is 2. The van der Waals surface area contributed by atoms with Crippen molar-refractivity contribution in [3.63, 3.8) is 0 Å². The van der Waals surface area contributed by atoms with Crippen molar-refractivity contribution in [3.05, 3.63) is 78.4 Å². The number of hydrogen-bond acceptors (Lipinski definition) is 3. The van der Waals surface area contributed by atoms with Gasteiger partial charge in [0.25, 0.3) is 0 Å². The standard InChI is InChI=1S/C21H18N4O/c1-25(16-5-3-2-4-6-16)17-10-7-14(8-11-17)21-23-18-12-9-15(20(22)26)13-19(18)24-21/h2-13H,1H3,(H2,22,26)(H,23,24). The zero-order valence-electron chi connectivity index (χ0n) is 14.3. The highest BCUT2D eigenvalue weighted by molar-refractivity contribution is 5.96. The summed E-state index contributed by atoms with van der Waals surface area (Å²) in [4.78, 5) is 21.3. The summed E-state index contributed by atoms with van der Waals surface area (Å²) in [5.41, 5.74) is 10.6. The summed E-state index contributed by atoms with van der Waals surface area (Å²) in [6, 6.07) is 23.6. The number of carbonyl (C=O) groups excluding carboxylic acids is 1. The highest BCUT2D eigenvalue weighted by atomic mass is 16.1. The zero-order chi connectivity index (χ0) is 18.1. The van der Waals surface area contributed by atoms with Gasteiger partial charge < -0.3 is 15.6 Å². The smallest absolute Gasteiger partial charge is 0.248 e. The van der Waals surface area contributed by atoms with Crippen LogP contribution < -0.4 is 10.6 Å². The number of fused-ring (bicyclic) bond motifs is 1. The van der Waals surface area contributed by atoms with E-state index in [1.54, 1.807) is 12.1 Å². The lowest BCUT2D eigenvalue weighted by molar-refractivity contribution is 0.100. The quantitative estimate of drug-likeness (QED) is 0.586. The molecule has 1 aromatic heterocycles. The van der Waals surface area contributed by atoms with Gasteiger partial charge in [0, 0.05) is 29.5 Å². The maximum Gasteiger partial charge on any atom is 0.248 e. The van der Waals surface area contributed by atoms with Crippen LogP contribution in [-0.4, -0.2) is 22.9 Å². The second kappa shape index (κ2) is 6.37. The van der Waals surface area contributed by atoms with Crippen molar-refractivity contribution in [1.82, 2.24) is 9.97 Å². The van der Waals surface area contributed by atoms with Crippen LogP contribution in [0.5, 0.6) is 0 Å². The average molecular weight is 342 g/mol. The summed E-state index contributed by atoms with van der Waals surface area (Å²) < 4.78 is 0. The van der Waals surface area contributed by atoms with Gasteiger partial charge in [0.15, 0.2) is 0 Å². The molecule has 0 bridgehead atoms. The SMILES string of the molecule is CN(c1ccccc1)c1ccc(-c2nc3cc(C(N)=O)ccc3[nH]2)cc1. The number of H-pyrrole nitrogens is 1. The first-order chi connectivity index (χ1) is 12.6. The van der Waals surface area contributed by atoms with Crippen LogP contribution in [0.3, 0.4) is 0 Å². The van der Waals surface area contributed by atoms with E-state index in [1.165, 1.54) is 0 Å². The van der Waals surface area contributed by atoms with Gasteiger partial charge in [-0.15, -0.1) is 0 Å². The third-order valence-corrected chi connectivity index (χ3v) is 4.44. The molecule has 0 fully saturated rings. The van der Waals surface area contributed by atoms with Gasteiger partial charge in [-0.05, 0) is 54.6 Å². The second-order valence-corrected chi connectivity index (χ2v) is 6.12. The normalized spacial score (nSPS) is 10.8. The minimum absolute atomic E-state index is 0.454. The molecule has 4 aromatic rings. The molecule has 0 saturated heterocycles. The van der Waals surface area contributed by atoms with Crippen LogP contribution in [-0.2, 0) is 0 Å².